The van der Waals surface area contributed by atoms with Crippen molar-refractivity contribution in [2.75, 3.05) is 0 Å². The predicted molar refractivity (Wildman–Crippen MR) is 115 cm³/mol. The summed E-state index contributed by atoms with van der Waals surface area (Å²) < 4.78 is 131. The Morgan fingerprint density at radius 1 is 0.649 bits per heavy atom. The zero-order valence-electron chi connectivity index (χ0n) is 19.6. The second-order valence-electron chi connectivity index (χ2n) is 9.85. The normalized spacial score (nSPS) is 21.3. The summed E-state index contributed by atoms with van der Waals surface area (Å²) in [6.45, 7) is 0. The van der Waals surface area contributed by atoms with Gasteiger partial charge < -0.3 is 9.47 Å². The van der Waals surface area contributed by atoms with E-state index in [0.29, 0.717) is 18.8 Å². The van der Waals surface area contributed by atoms with Gasteiger partial charge in [0.05, 0.1) is 0 Å². The van der Waals surface area contributed by atoms with Crippen molar-refractivity contribution in [3.63, 3.8) is 0 Å². The van der Waals surface area contributed by atoms with Crippen molar-refractivity contribution in [2.45, 2.75) is 76.2 Å². The van der Waals surface area contributed by atoms with Crippen molar-refractivity contribution in [1.29, 1.82) is 0 Å². The smallest absolute Gasteiger partial charge is 0.429 e. The van der Waals surface area contributed by atoms with E-state index in [1.165, 1.54) is 25.7 Å². The molecule has 11 heteroatoms. The predicted octanol–water partition coefficient (Wildman–Crippen LogP) is 9.12. The van der Waals surface area contributed by atoms with Gasteiger partial charge in [-0.2, -0.15) is 8.78 Å². The van der Waals surface area contributed by atoms with E-state index in [0.717, 1.165) is 37.3 Å². The van der Waals surface area contributed by atoms with Gasteiger partial charge in [0.25, 0.3) is 0 Å². The van der Waals surface area contributed by atoms with Crippen LogP contribution in [0.2, 0.25) is 0 Å². The lowest BCUT2D eigenvalue weighted by atomic mass is 9.75. The van der Waals surface area contributed by atoms with Gasteiger partial charge in [0, 0.05) is 12.1 Å². The molecule has 0 atom stereocenters. The molecule has 2 aliphatic carbocycles. The second-order valence-corrected chi connectivity index (χ2v) is 9.85. The quantitative estimate of drug-likeness (QED) is 0.326. The third-order valence-electron chi connectivity index (χ3n) is 7.25. The van der Waals surface area contributed by atoms with Crippen LogP contribution in [0.5, 0.6) is 11.5 Å². The van der Waals surface area contributed by atoms with Gasteiger partial charge in [-0.05, 0) is 67.6 Å². The zero-order chi connectivity index (χ0) is 27.0. The molecule has 2 aromatic rings. The minimum atomic E-state index is -5.45. The van der Waals surface area contributed by atoms with E-state index >= 15 is 0 Å². The number of hydrogen-bond donors (Lipinski definition) is 0. The summed E-state index contributed by atoms with van der Waals surface area (Å²) >= 11 is 0. The standard InChI is InChI=1S/C26H25F9O2/c27-19-10-17(16-7-5-15(6-8-16)9-14-3-1-2-4-14)11-20(28)23(19)25(31,32)36-18-12-21(29)24(22(30)13-18)37-26(33,34)35/h10-16H,1-9H2. The molecule has 0 spiro atoms. The van der Waals surface area contributed by atoms with Crippen molar-refractivity contribution < 1.29 is 49.0 Å². The molecule has 204 valence electrons. The van der Waals surface area contributed by atoms with E-state index in [2.05, 4.69) is 9.47 Å². The average molecular weight is 540 g/mol. The molecule has 0 heterocycles. The third-order valence-corrected chi connectivity index (χ3v) is 7.25. The minimum absolute atomic E-state index is 0.00767. The Bertz CT molecular complexity index is 1060. The van der Waals surface area contributed by atoms with Crippen molar-refractivity contribution in [3.8, 4) is 11.5 Å². The summed E-state index contributed by atoms with van der Waals surface area (Å²) in [4.78, 5) is 0. The monoisotopic (exact) mass is 540 g/mol. The minimum Gasteiger partial charge on any atom is -0.429 e. The Morgan fingerprint density at radius 2 is 1.16 bits per heavy atom. The number of halogens is 9. The topological polar surface area (TPSA) is 18.5 Å². The highest BCUT2D eigenvalue weighted by molar-refractivity contribution is 5.37. The molecule has 0 saturated heterocycles. The summed E-state index contributed by atoms with van der Waals surface area (Å²) in [7, 11) is 0. The van der Waals surface area contributed by atoms with Crippen molar-refractivity contribution in [3.05, 3.63) is 58.7 Å². The Balaban J connectivity index is 1.46. The SMILES string of the molecule is Fc1cc(OC(F)(F)c2c(F)cc(C3CCC(CC4CCCC4)CC3)cc2F)cc(F)c1OC(F)(F)F. The lowest BCUT2D eigenvalue weighted by Gasteiger charge is -2.30. The maximum atomic E-state index is 14.7. The van der Waals surface area contributed by atoms with Gasteiger partial charge in [0.15, 0.2) is 11.6 Å². The van der Waals surface area contributed by atoms with Crippen LogP contribution >= 0.6 is 0 Å². The van der Waals surface area contributed by atoms with Crippen LogP contribution in [0.15, 0.2) is 24.3 Å². The van der Waals surface area contributed by atoms with E-state index < -0.39 is 52.8 Å². The van der Waals surface area contributed by atoms with E-state index in [9.17, 15) is 39.5 Å². The summed E-state index contributed by atoms with van der Waals surface area (Å²) in [5, 5.41) is 0. The van der Waals surface area contributed by atoms with Crippen LogP contribution in [0.4, 0.5) is 39.5 Å². The van der Waals surface area contributed by atoms with E-state index in [-0.39, 0.29) is 23.6 Å². The Hall–Kier alpha value is -2.59. The fourth-order valence-electron chi connectivity index (χ4n) is 5.56. The molecule has 2 aromatic carbocycles. The molecule has 2 fully saturated rings. The molecule has 2 nitrogen and oxygen atoms in total. The molecule has 4 rings (SSSR count). The molecule has 0 unspecified atom stereocenters. The van der Waals surface area contributed by atoms with E-state index in [1.54, 1.807) is 0 Å². The maximum Gasteiger partial charge on any atom is 0.573 e. The van der Waals surface area contributed by atoms with E-state index in [4.69, 9.17) is 0 Å². The molecule has 0 N–H and O–H groups in total. The molecule has 2 aliphatic rings. The fourth-order valence-corrected chi connectivity index (χ4v) is 5.56. The van der Waals surface area contributed by atoms with Crippen molar-refractivity contribution in [2.24, 2.45) is 11.8 Å². The highest BCUT2D eigenvalue weighted by Gasteiger charge is 2.42. The molecule has 0 aliphatic heterocycles. The van der Waals surface area contributed by atoms with Crippen LogP contribution in [0.1, 0.15) is 74.8 Å². The number of hydrogen-bond acceptors (Lipinski definition) is 2. The molecule has 0 bridgehead atoms. The lowest BCUT2D eigenvalue weighted by Crippen LogP contribution is -2.26. The van der Waals surface area contributed by atoms with Gasteiger partial charge in [-0.15, -0.1) is 13.2 Å². The summed E-state index contributed by atoms with van der Waals surface area (Å²) in [6.07, 6.45) is -0.940. The lowest BCUT2D eigenvalue weighted by molar-refractivity contribution is -0.276. The molecule has 37 heavy (non-hydrogen) atoms. The first-order chi connectivity index (χ1) is 17.3. The van der Waals surface area contributed by atoms with Crippen molar-refractivity contribution >= 4 is 0 Å². The molecule has 0 radical (unpaired) electrons. The van der Waals surface area contributed by atoms with Crippen LogP contribution < -0.4 is 9.47 Å². The van der Waals surface area contributed by atoms with Gasteiger partial charge in [0.1, 0.15) is 22.9 Å². The van der Waals surface area contributed by atoms with Crippen LogP contribution in [-0.2, 0) is 6.11 Å². The Morgan fingerprint density at radius 3 is 1.68 bits per heavy atom. The van der Waals surface area contributed by atoms with Crippen LogP contribution in [0.3, 0.4) is 0 Å². The Labute approximate surface area is 207 Å². The van der Waals surface area contributed by atoms with Crippen molar-refractivity contribution in [1.82, 2.24) is 0 Å². The number of rotatable bonds is 7. The molecular formula is C26H25F9O2. The summed E-state index contributed by atoms with van der Waals surface area (Å²) in [6, 6.07) is 1.59. The largest absolute Gasteiger partial charge is 0.573 e. The Kier molecular flexibility index (Phi) is 7.90. The van der Waals surface area contributed by atoms with Crippen LogP contribution in [0.25, 0.3) is 0 Å². The first-order valence-corrected chi connectivity index (χ1v) is 12.1. The third kappa shape index (κ3) is 6.65. The van der Waals surface area contributed by atoms with Gasteiger partial charge in [-0.25, -0.2) is 17.6 Å². The maximum absolute atomic E-state index is 14.7. The zero-order valence-corrected chi connectivity index (χ0v) is 19.6. The first kappa shape index (κ1) is 27.4. The van der Waals surface area contributed by atoms with Crippen LogP contribution in [0, 0.1) is 35.1 Å². The fraction of sp³-hybridized carbons (Fsp3) is 0.538. The van der Waals surface area contributed by atoms with Gasteiger partial charge in [-0.1, -0.05) is 25.7 Å². The first-order valence-electron chi connectivity index (χ1n) is 12.1. The highest BCUT2D eigenvalue weighted by atomic mass is 19.4. The summed E-state index contributed by atoms with van der Waals surface area (Å²) in [5.41, 5.74) is -1.54. The van der Waals surface area contributed by atoms with Gasteiger partial charge in [0.2, 0.25) is 5.75 Å². The van der Waals surface area contributed by atoms with E-state index in [1.807, 2.05) is 0 Å². The number of alkyl halides is 5. The average Bonchev–Trinajstić information content (AvgIpc) is 3.28. The van der Waals surface area contributed by atoms with Gasteiger partial charge >= 0.3 is 12.5 Å². The van der Waals surface area contributed by atoms with Crippen LogP contribution in [-0.4, -0.2) is 6.36 Å². The highest BCUT2D eigenvalue weighted by Crippen LogP contribution is 2.43. The second kappa shape index (κ2) is 10.6. The number of benzene rings is 2. The molecular weight excluding hydrogens is 515 g/mol. The van der Waals surface area contributed by atoms with Gasteiger partial charge in [-0.3, -0.25) is 0 Å². The molecule has 0 amide bonds. The summed E-state index contributed by atoms with van der Waals surface area (Å²) in [5.74, 6) is -9.31. The number of ether oxygens (including phenoxy) is 2. The molecule has 0 aromatic heterocycles. The molecule has 2 saturated carbocycles.